The Bertz CT molecular complexity index is 630. The number of ether oxygens (including phenoxy) is 2. The Kier molecular flexibility index (Phi) is 4.40. The fourth-order valence-electron chi connectivity index (χ4n) is 2.19. The van der Waals surface area contributed by atoms with Crippen molar-refractivity contribution in [2.45, 2.75) is 19.4 Å². The Hall–Kier alpha value is -1.60. The number of hydrogen-bond donors (Lipinski definition) is 1. The molecule has 0 unspecified atom stereocenters. The normalized spacial score (nSPS) is 13.4. The van der Waals surface area contributed by atoms with Gasteiger partial charge in [0.05, 0.1) is 12.2 Å². The van der Waals surface area contributed by atoms with E-state index in [0.717, 1.165) is 33.6 Å². The maximum absolute atomic E-state index is 8.83. The average Bonchev–Trinajstić information content (AvgIpc) is 2.93. The monoisotopic (exact) mass is 353 g/mol. The molecule has 2 heterocycles. The molecule has 0 aliphatic carbocycles. The number of aliphatic hydroxyl groups is 1. The van der Waals surface area contributed by atoms with Crippen molar-refractivity contribution in [2.75, 3.05) is 19.8 Å². The number of hydrogen-bond acceptors (Lipinski definition) is 5. The van der Waals surface area contributed by atoms with Crippen LogP contribution in [0.5, 0.6) is 11.5 Å². The van der Waals surface area contributed by atoms with Gasteiger partial charge in [-0.1, -0.05) is 21.1 Å². The van der Waals surface area contributed by atoms with Gasteiger partial charge in [-0.25, -0.2) is 4.68 Å². The summed E-state index contributed by atoms with van der Waals surface area (Å²) in [5.74, 6) is 1.53. The summed E-state index contributed by atoms with van der Waals surface area (Å²) in [4.78, 5) is 0. The molecule has 1 aliphatic heterocycles. The van der Waals surface area contributed by atoms with Crippen molar-refractivity contribution in [1.82, 2.24) is 15.0 Å². The molecule has 6 nitrogen and oxygen atoms in total. The highest BCUT2D eigenvalue weighted by molar-refractivity contribution is 9.10. The van der Waals surface area contributed by atoms with E-state index in [1.54, 1.807) is 4.68 Å². The van der Waals surface area contributed by atoms with E-state index in [1.165, 1.54) is 0 Å². The van der Waals surface area contributed by atoms with Gasteiger partial charge < -0.3 is 14.6 Å². The summed E-state index contributed by atoms with van der Waals surface area (Å²) < 4.78 is 13.9. The summed E-state index contributed by atoms with van der Waals surface area (Å²) in [6, 6.07) is 3.89. The van der Waals surface area contributed by atoms with Gasteiger partial charge in [0.1, 0.15) is 13.2 Å². The molecule has 0 spiro atoms. The van der Waals surface area contributed by atoms with E-state index in [4.69, 9.17) is 14.6 Å². The number of aromatic nitrogens is 3. The van der Waals surface area contributed by atoms with Gasteiger partial charge in [-0.3, -0.25) is 0 Å². The maximum atomic E-state index is 8.83. The van der Waals surface area contributed by atoms with Crippen LogP contribution in [0.2, 0.25) is 0 Å². The lowest BCUT2D eigenvalue weighted by Gasteiger charge is -2.19. The molecule has 0 amide bonds. The van der Waals surface area contributed by atoms with Crippen LogP contribution in [0.1, 0.15) is 17.7 Å². The van der Waals surface area contributed by atoms with Crippen LogP contribution in [0.15, 0.2) is 22.8 Å². The minimum absolute atomic E-state index is 0.167. The Labute approximate surface area is 130 Å². The first-order valence-electron chi connectivity index (χ1n) is 6.84. The second-order valence-corrected chi connectivity index (χ2v) is 5.68. The van der Waals surface area contributed by atoms with Gasteiger partial charge in [-0.05, 0) is 30.5 Å². The lowest BCUT2D eigenvalue weighted by molar-refractivity contribution is 0.171. The largest absolute Gasteiger partial charge is 0.486 e. The van der Waals surface area contributed by atoms with Crippen molar-refractivity contribution < 1.29 is 14.6 Å². The Balaban J connectivity index is 1.76. The van der Waals surface area contributed by atoms with Gasteiger partial charge in [0.2, 0.25) is 0 Å². The molecular formula is C14H16BrN3O3. The summed E-state index contributed by atoms with van der Waals surface area (Å²) in [6.07, 6.45) is 3.34. The zero-order chi connectivity index (χ0) is 14.7. The van der Waals surface area contributed by atoms with Crippen molar-refractivity contribution in [2.24, 2.45) is 0 Å². The van der Waals surface area contributed by atoms with E-state index < -0.39 is 0 Å². The average molecular weight is 354 g/mol. The van der Waals surface area contributed by atoms with E-state index in [0.29, 0.717) is 26.2 Å². The number of aliphatic hydroxyl groups excluding tert-OH is 1. The number of nitrogens with zero attached hydrogens (tertiary/aromatic N) is 3. The van der Waals surface area contributed by atoms with Crippen molar-refractivity contribution in [3.05, 3.63) is 34.1 Å². The lowest BCUT2D eigenvalue weighted by atomic mass is 10.2. The van der Waals surface area contributed by atoms with Crippen LogP contribution >= 0.6 is 15.9 Å². The van der Waals surface area contributed by atoms with Gasteiger partial charge in [-0.15, -0.1) is 5.10 Å². The molecule has 1 aromatic carbocycles. The molecule has 0 bridgehead atoms. The summed E-state index contributed by atoms with van der Waals surface area (Å²) in [5, 5.41) is 17.0. The van der Waals surface area contributed by atoms with Crippen LogP contribution in [0, 0.1) is 0 Å². The van der Waals surface area contributed by atoms with Gasteiger partial charge in [0.25, 0.3) is 0 Å². The van der Waals surface area contributed by atoms with Crippen LogP contribution in [0.25, 0.3) is 0 Å². The predicted octanol–water partition coefficient (Wildman–Crippen LogP) is 1.78. The maximum Gasteiger partial charge on any atom is 0.162 e. The molecule has 3 rings (SSSR count). The molecule has 0 fully saturated rings. The van der Waals surface area contributed by atoms with Gasteiger partial charge in [-0.2, -0.15) is 0 Å². The first kappa shape index (κ1) is 14.3. The summed E-state index contributed by atoms with van der Waals surface area (Å²) in [5.41, 5.74) is 1.94. The van der Waals surface area contributed by atoms with E-state index in [2.05, 4.69) is 26.2 Å². The van der Waals surface area contributed by atoms with Crippen LogP contribution in [-0.4, -0.2) is 39.9 Å². The molecule has 0 radical (unpaired) electrons. The first-order valence-corrected chi connectivity index (χ1v) is 7.63. The molecule has 1 aromatic heterocycles. The molecule has 0 atom stereocenters. The zero-order valence-electron chi connectivity index (χ0n) is 11.5. The molecule has 112 valence electrons. The molecule has 1 aliphatic rings. The fraction of sp³-hybridized carbons (Fsp3) is 0.429. The molecular weight excluding hydrogens is 338 g/mol. The SMILES string of the molecule is OCCCc1cn(Cc2cc3c(cc2Br)OCCO3)nn1. The summed E-state index contributed by atoms with van der Waals surface area (Å²) >= 11 is 3.55. The van der Waals surface area contributed by atoms with Crippen LogP contribution in [0.3, 0.4) is 0 Å². The smallest absolute Gasteiger partial charge is 0.162 e. The van der Waals surface area contributed by atoms with Gasteiger partial charge >= 0.3 is 0 Å². The third kappa shape index (κ3) is 3.36. The fourth-order valence-corrected chi connectivity index (χ4v) is 2.64. The number of fused-ring (bicyclic) bond motifs is 1. The zero-order valence-corrected chi connectivity index (χ0v) is 13.0. The topological polar surface area (TPSA) is 69.4 Å². The molecule has 7 heteroatoms. The second-order valence-electron chi connectivity index (χ2n) is 4.82. The quantitative estimate of drug-likeness (QED) is 0.887. The molecule has 2 aromatic rings. The van der Waals surface area contributed by atoms with E-state index in [-0.39, 0.29) is 6.61 Å². The van der Waals surface area contributed by atoms with E-state index >= 15 is 0 Å². The third-order valence-electron chi connectivity index (χ3n) is 3.22. The highest BCUT2D eigenvalue weighted by Crippen LogP contribution is 2.35. The minimum Gasteiger partial charge on any atom is -0.486 e. The Morgan fingerprint density at radius 2 is 2.00 bits per heavy atom. The van der Waals surface area contributed by atoms with E-state index in [1.807, 2.05) is 18.3 Å². The van der Waals surface area contributed by atoms with Crippen molar-refractivity contribution in [1.29, 1.82) is 0 Å². The highest BCUT2D eigenvalue weighted by Gasteiger charge is 2.15. The third-order valence-corrected chi connectivity index (χ3v) is 3.96. The van der Waals surface area contributed by atoms with Crippen LogP contribution < -0.4 is 9.47 Å². The molecule has 21 heavy (non-hydrogen) atoms. The standard InChI is InChI=1S/C14H16BrN3O3/c15-12-7-14-13(20-4-5-21-14)6-10(12)8-18-9-11(16-17-18)2-1-3-19/h6-7,9,19H,1-5,8H2. The summed E-state index contributed by atoms with van der Waals surface area (Å²) in [6.45, 7) is 1.92. The van der Waals surface area contributed by atoms with E-state index in [9.17, 15) is 0 Å². The summed E-state index contributed by atoms with van der Waals surface area (Å²) in [7, 11) is 0. The highest BCUT2D eigenvalue weighted by atomic mass is 79.9. The number of rotatable bonds is 5. The van der Waals surface area contributed by atoms with Crippen molar-refractivity contribution >= 4 is 15.9 Å². The van der Waals surface area contributed by atoms with Crippen molar-refractivity contribution in [3.8, 4) is 11.5 Å². The number of benzene rings is 1. The van der Waals surface area contributed by atoms with Gasteiger partial charge in [0, 0.05) is 17.3 Å². The number of aryl methyl sites for hydroxylation is 1. The van der Waals surface area contributed by atoms with Crippen LogP contribution in [0.4, 0.5) is 0 Å². The lowest BCUT2D eigenvalue weighted by Crippen LogP contribution is -2.16. The predicted molar refractivity (Wildman–Crippen MR) is 79.7 cm³/mol. The first-order chi connectivity index (χ1) is 10.3. The molecule has 1 N–H and O–H groups in total. The van der Waals surface area contributed by atoms with Gasteiger partial charge in [0.15, 0.2) is 11.5 Å². The molecule has 0 saturated heterocycles. The van der Waals surface area contributed by atoms with Crippen molar-refractivity contribution in [3.63, 3.8) is 0 Å². The number of halogens is 1. The molecule has 0 saturated carbocycles. The minimum atomic E-state index is 0.167. The second kappa shape index (κ2) is 6.44. The Morgan fingerprint density at radius 3 is 2.76 bits per heavy atom. The van der Waals surface area contributed by atoms with Crippen LogP contribution in [-0.2, 0) is 13.0 Å². The Morgan fingerprint density at radius 1 is 1.24 bits per heavy atom.